The van der Waals surface area contributed by atoms with Crippen molar-refractivity contribution in [3.8, 4) is 0 Å². The van der Waals surface area contributed by atoms with Crippen LogP contribution in [0.3, 0.4) is 0 Å². The fourth-order valence-corrected chi connectivity index (χ4v) is 4.51. The second kappa shape index (κ2) is 6.22. The Labute approximate surface area is 115 Å². The smallest absolute Gasteiger partial charge is 0.221 e. The van der Waals surface area contributed by atoms with Crippen LogP contribution < -0.4 is 10.6 Å². The second-order valence-electron chi connectivity index (χ2n) is 6.06. The zero-order chi connectivity index (χ0) is 13.9. The Morgan fingerprint density at radius 2 is 2.16 bits per heavy atom. The largest absolute Gasteiger partial charge is 0.356 e. The van der Waals surface area contributed by atoms with E-state index in [1.807, 2.05) is 0 Å². The summed E-state index contributed by atoms with van der Waals surface area (Å²) in [6.07, 6.45) is 3.90. The van der Waals surface area contributed by atoms with Gasteiger partial charge in [0.1, 0.15) is 0 Å². The highest BCUT2D eigenvalue weighted by molar-refractivity contribution is 7.91. The van der Waals surface area contributed by atoms with Crippen molar-refractivity contribution in [2.45, 2.75) is 38.6 Å². The van der Waals surface area contributed by atoms with Gasteiger partial charge in [-0.2, -0.15) is 0 Å². The molecule has 3 atom stereocenters. The Morgan fingerprint density at radius 1 is 1.37 bits per heavy atom. The standard InChI is InChI=1S/C13H24N2O3S/c1-10-2-3-11(6-10)8-15-13(16)7-12-9-19(17,18)5-4-14-12/h10-12,14H,2-9H2,1H3,(H,15,16). The monoisotopic (exact) mass is 288 g/mol. The summed E-state index contributed by atoms with van der Waals surface area (Å²) in [5, 5.41) is 6.05. The third kappa shape index (κ3) is 4.76. The first-order valence-electron chi connectivity index (χ1n) is 7.15. The van der Waals surface area contributed by atoms with Gasteiger partial charge in [0.2, 0.25) is 5.91 Å². The molecule has 0 spiro atoms. The van der Waals surface area contributed by atoms with Crippen LogP contribution in [0.4, 0.5) is 0 Å². The maximum absolute atomic E-state index is 11.8. The van der Waals surface area contributed by atoms with Crippen molar-refractivity contribution in [3.05, 3.63) is 0 Å². The minimum Gasteiger partial charge on any atom is -0.356 e. The van der Waals surface area contributed by atoms with Gasteiger partial charge in [0.15, 0.2) is 9.84 Å². The van der Waals surface area contributed by atoms with E-state index in [9.17, 15) is 13.2 Å². The lowest BCUT2D eigenvalue weighted by Gasteiger charge is -2.23. The molecule has 1 saturated carbocycles. The van der Waals surface area contributed by atoms with Gasteiger partial charge in [-0.05, 0) is 24.7 Å². The minimum atomic E-state index is -2.96. The fourth-order valence-electron chi connectivity index (χ4n) is 3.06. The number of carbonyl (C=O) groups is 1. The molecule has 1 amide bonds. The molecule has 1 aliphatic carbocycles. The Morgan fingerprint density at radius 3 is 2.79 bits per heavy atom. The van der Waals surface area contributed by atoms with Crippen LogP contribution in [0.15, 0.2) is 0 Å². The average molecular weight is 288 g/mol. The maximum atomic E-state index is 11.8. The van der Waals surface area contributed by atoms with Crippen molar-refractivity contribution in [2.24, 2.45) is 11.8 Å². The van der Waals surface area contributed by atoms with Gasteiger partial charge in [-0.15, -0.1) is 0 Å². The second-order valence-corrected chi connectivity index (χ2v) is 8.29. The van der Waals surface area contributed by atoms with Crippen LogP contribution >= 0.6 is 0 Å². The average Bonchev–Trinajstić information content (AvgIpc) is 2.71. The molecule has 0 aromatic carbocycles. The Balaban J connectivity index is 1.69. The zero-order valence-corrected chi connectivity index (χ0v) is 12.3. The molecule has 0 bridgehead atoms. The molecule has 2 N–H and O–H groups in total. The number of hydrogen-bond donors (Lipinski definition) is 2. The normalized spacial score (nSPS) is 34.1. The van der Waals surface area contributed by atoms with E-state index in [-0.39, 0.29) is 29.9 Å². The Bertz CT molecular complexity index is 422. The molecule has 1 heterocycles. The molecule has 0 aromatic rings. The predicted octanol–water partition coefficient (Wildman–Crippen LogP) is 0.316. The lowest BCUT2D eigenvalue weighted by Crippen LogP contribution is -2.47. The predicted molar refractivity (Wildman–Crippen MR) is 74.6 cm³/mol. The molecular weight excluding hydrogens is 264 g/mol. The maximum Gasteiger partial charge on any atom is 0.221 e. The molecule has 6 heteroatoms. The van der Waals surface area contributed by atoms with Gasteiger partial charge in [-0.1, -0.05) is 13.3 Å². The highest BCUT2D eigenvalue weighted by atomic mass is 32.2. The summed E-state index contributed by atoms with van der Waals surface area (Å²) in [6, 6.07) is -0.221. The highest BCUT2D eigenvalue weighted by Crippen LogP contribution is 2.29. The first-order valence-corrected chi connectivity index (χ1v) is 8.97. The molecule has 0 aromatic heterocycles. The molecule has 19 heavy (non-hydrogen) atoms. The minimum absolute atomic E-state index is 0.0332. The van der Waals surface area contributed by atoms with E-state index >= 15 is 0 Å². The summed E-state index contributed by atoms with van der Waals surface area (Å²) in [5.41, 5.74) is 0. The molecule has 110 valence electrons. The van der Waals surface area contributed by atoms with E-state index < -0.39 is 9.84 Å². The van der Waals surface area contributed by atoms with Gasteiger partial charge in [0.25, 0.3) is 0 Å². The number of sulfone groups is 1. The number of hydrogen-bond acceptors (Lipinski definition) is 4. The lowest BCUT2D eigenvalue weighted by atomic mass is 10.1. The van der Waals surface area contributed by atoms with Gasteiger partial charge in [0.05, 0.1) is 11.5 Å². The first-order chi connectivity index (χ1) is 8.94. The van der Waals surface area contributed by atoms with E-state index in [4.69, 9.17) is 0 Å². The third-order valence-electron chi connectivity index (χ3n) is 4.12. The Kier molecular flexibility index (Phi) is 4.84. The number of nitrogens with one attached hydrogen (secondary N) is 2. The quantitative estimate of drug-likeness (QED) is 0.781. The molecule has 2 aliphatic rings. The number of carbonyl (C=O) groups excluding carboxylic acids is 1. The van der Waals surface area contributed by atoms with E-state index in [0.717, 1.165) is 12.5 Å². The molecule has 2 rings (SSSR count). The summed E-state index contributed by atoms with van der Waals surface area (Å²) >= 11 is 0. The summed E-state index contributed by atoms with van der Waals surface area (Å²) in [6.45, 7) is 3.45. The third-order valence-corrected chi connectivity index (χ3v) is 5.86. The van der Waals surface area contributed by atoms with Crippen molar-refractivity contribution < 1.29 is 13.2 Å². The number of rotatable bonds is 4. The zero-order valence-electron chi connectivity index (χ0n) is 11.5. The van der Waals surface area contributed by atoms with Crippen LogP contribution in [-0.2, 0) is 14.6 Å². The van der Waals surface area contributed by atoms with Gasteiger partial charge < -0.3 is 10.6 Å². The van der Waals surface area contributed by atoms with Crippen LogP contribution in [0.2, 0.25) is 0 Å². The lowest BCUT2D eigenvalue weighted by molar-refractivity contribution is -0.121. The van der Waals surface area contributed by atoms with Crippen molar-refractivity contribution in [3.63, 3.8) is 0 Å². The molecular formula is C13H24N2O3S. The summed E-state index contributed by atoms with van der Waals surface area (Å²) in [4.78, 5) is 11.8. The van der Waals surface area contributed by atoms with Gasteiger partial charge >= 0.3 is 0 Å². The van der Waals surface area contributed by atoms with E-state index in [2.05, 4.69) is 17.6 Å². The topological polar surface area (TPSA) is 75.3 Å². The number of amides is 1. The van der Waals surface area contributed by atoms with Crippen molar-refractivity contribution >= 4 is 15.7 Å². The molecule has 3 unspecified atom stereocenters. The van der Waals surface area contributed by atoms with Crippen LogP contribution in [0.25, 0.3) is 0 Å². The van der Waals surface area contributed by atoms with E-state index in [0.29, 0.717) is 12.5 Å². The first kappa shape index (κ1) is 14.8. The van der Waals surface area contributed by atoms with Crippen LogP contribution in [-0.4, -0.2) is 45.0 Å². The highest BCUT2D eigenvalue weighted by Gasteiger charge is 2.26. The molecule has 1 saturated heterocycles. The fraction of sp³-hybridized carbons (Fsp3) is 0.923. The van der Waals surface area contributed by atoms with Gasteiger partial charge in [-0.25, -0.2) is 8.42 Å². The molecule has 0 radical (unpaired) electrons. The van der Waals surface area contributed by atoms with Crippen molar-refractivity contribution in [1.82, 2.24) is 10.6 Å². The van der Waals surface area contributed by atoms with Gasteiger partial charge in [-0.3, -0.25) is 4.79 Å². The van der Waals surface area contributed by atoms with Crippen LogP contribution in [0.1, 0.15) is 32.6 Å². The van der Waals surface area contributed by atoms with Gasteiger partial charge in [0, 0.05) is 25.6 Å². The van der Waals surface area contributed by atoms with Crippen LogP contribution in [0.5, 0.6) is 0 Å². The SMILES string of the molecule is CC1CCC(CNC(=O)CC2CS(=O)(=O)CCN2)C1. The molecule has 2 fully saturated rings. The van der Waals surface area contributed by atoms with Crippen molar-refractivity contribution in [1.29, 1.82) is 0 Å². The van der Waals surface area contributed by atoms with E-state index in [1.165, 1.54) is 19.3 Å². The van der Waals surface area contributed by atoms with Crippen LogP contribution in [0, 0.1) is 11.8 Å². The Hall–Kier alpha value is -0.620. The summed E-state index contributed by atoms with van der Waals surface area (Å²) < 4.78 is 22.9. The van der Waals surface area contributed by atoms with E-state index in [1.54, 1.807) is 0 Å². The summed E-state index contributed by atoms with van der Waals surface area (Å²) in [5.74, 6) is 1.61. The molecule has 5 nitrogen and oxygen atoms in total. The van der Waals surface area contributed by atoms with Crippen molar-refractivity contribution in [2.75, 3.05) is 24.6 Å². The summed E-state index contributed by atoms with van der Waals surface area (Å²) in [7, 11) is -2.96. The molecule has 1 aliphatic heterocycles.